The maximum absolute atomic E-state index is 13.2. The molecule has 0 aromatic carbocycles. The van der Waals surface area contributed by atoms with Crippen molar-refractivity contribution in [1.29, 1.82) is 0 Å². The third-order valence-electron chi connectivity index (χ3n) is 2.62. The second-order valence-electron chi connectivity index (χ2n) is 5.28. The highest BCUT2D eigenvalue weighted by atomic mass is 32.1. The molecule has 0 radical (unpaired) electrons. The largest absolute Gasteiger partial charge is 0.479 e. The van der Waals surface area contributed by atoms with E-state index in [1.54, 1.807) is 11.3 Å². The fourth-order valence-corrected chi connectivity index (χ4v) is 2.43. The van der Waals surface area contributed by atoms with Gasteiger partial charge in [0.25, 0.3) is 5.88 Å². The molecule has 20 heavy (non-hydrogen) atoms. The number of nitrogens with one attached hydrogen (secondary N) is 1. The molecule has 0 saturated carbocycles. The summed E-state index contributed by atoms with van der Waals surface area (Å²) in [6.45, 7) is 6.85. The predicted octanol–water partition coefficient (Wildman–Crippen LogP) is 2.99. The van der Waals surface area contributed by atoms with Crippen LogP contribution in [0.25, 0.3) is 0 Å². The third-order valence-corrected chi connectivity index (χ3v) is 3.47. The summed E-state index contributed by atoms with van der Waals surface area (Å²) in [7, 11) is 1.37. The lowest BCUT2D eigenvalue weighted by Gasteiger charge is -2.14. The zero-order chi connectivity index (χ0) is 14.8. The van der Waals surface area contributed by atoms with Crippen molar-refractivity contribution in [3.63, 3.8) is 0 Å². The summed E-state index contributed by atoms with van der Waals surface area (Å²) in [5.74, 6) is -0.338. The molecule has 0 aliphatic carbocycles. The first kappa shape index (κ1) is 14.6. The van der Waals surface area contributed by atoms with Crippen LogP contribution in [-0.4, -0.2) is 22.1 Å². The van der Waals surface area contributed by atoms with E-state index in [-0.39, 0.29) is 11.3 Å². The molecule has 5 nitrogen and oxygen atoms in total. The van der Waals surface area contributed by atoms with E-state index in [4.69, 9.17) is 4.74 Å². The van der Waals surface area contributed by atoms with E-state index in [9.17, 15) is 4.39 Å². The van der Waals surface area contributed by atoms with Gasteiger partial charge in [0.2, 0.25) is 11.8 Å². The molecule has 0 spiro atoms. The van der Waals surface area contributed by atoms with Crippen molar-refractivity contribution in [2.75, 3.05) is 12.4 Å². The van der Waals surface area contributed by atoms with Crippen LogP contribution in [0.15, 0.2) is 11.6 Å². The Morgan fingerprint density at radius 3 is 2.70 bits per heavy atom. The van der Waals surface area contributed by atoms with E-state index in [1.807, 2.05) is 5.38 Å². The number of nitrogens with zero attached hydrogens (tertiary/aromatic N) is 3. The van der Waals surface area contributed by atoms with Gasteiger partial charge in [-0.2, -0.15) is 9.37 Å². The zero-order valence-electron chi connectivity index (χ0n) is 11.9. The highest BCUT2D eigenvalue weighted by molar-refractivity contribution is 7.09. The average molecular weight is 296 g/mol. The normalized spacial score (nSPS) is 11.4. The number of methoxy groups -OCH3 is 1. The minimum absolute atomic E-state index is 0.0321. The van der Waals surface area contributed by atoms with Crippen molar-refractivity contribution in [2.24, 2.45) is 0 Å². The van der Waals surface area contributed by atoms with Crippen molar-refractivity contribution in [3.8, 4) is 5.88 Å². The number of ether oxygens (including phenoxy) is 1. The van der Waals surface area contributed by atoms with Crippen LogP contribution >= 0.6 is 11.3 Å². The highest BCUT2D eigenvalue weighted by Gasteiger charge is 2.17. The molecule has 0 aliphatic heterocycles. The maximum Gasteiger partial charge on any atom is 0.255 e. The van der Waals surface area contributed by atoms with Gasteiger partial charge in [-0.05, 0) is 0 Å². The SMILES string of the molecule is COc1nc(NCc2nc(C(C)(C)C)cs2)ncc1F. The molecule has 0 amide bonds. The quantitative estimate of drug-likeness (QED) is 0.940. The Balaban J connectivity index is 2.04. The summed E-state index contributed by atoms with van der Waals surface area (Å²) in [4.78, 5) is 12.3. The Kier molecular flexibility index (Phi) is 4.17. The number of rotatable bonds is 4. The molecule has 1 N–H and O–H groups in total. The number of halogens is 1. The molecule has 0 saturated heterocycles. The number of aromatic nitrogens is 3. The zero-order valence-corrected chi connectivity index (χ0v) is 12.7. The Hall–Kier alpha value is -1.76. The lowest BCUT2D eigenvalue weighted by molar-refractivity contribution is 0.368. The Labute approximate surface area is 121 Å². The van der Waals surface area contributed by atoms with Crippen molar-refractivity contribution < 1.29 is 9.13 Å². The highest BCUT2D eigenvalue weighted by Crippen LogP contribution is 2.24. The average Bonchev–Trinajstić information content (AvgIpc) is 2.86. The van der Waals surface area contributed by atoms with Crippen molar-refractivity contribution in [3.05, 3.63) is 28.1 Å². The standard InChI is InChI=1S/C13H17FN4OS/c1-13(2,3)9-7-20-10(17-9)6-16-12-15-5-8(14)11(18-12)19-4/h5,7H,6H2,1-4H3,(H,15,16,18). The second kappa shape index (κ2) is 5.70. The number of hydrogen-bond donors (Lipinski definition) is 1. The van der Waals surface area contributed by atoms with Crippen LogP contribution in [0.3, 0.4) is 0 Å². The smallest absolute Gasteiger partial charge is 0.255 e. The van der Waals surface area contributed by atoms with Gasteiger partial charge in [-0.25, -0.2) is 9.97 Å². The van der Waals surface area contributed by atoms with Crippen LogP contribution in [0, 0.1) is 5.82 Å². The van der Waals surface area contributed by atoms with Gasteiger partial charge in [0, 0.05) is 10.8 Å². The molecule has 7 heteroatoms. The fourth-order valence-electron chi connectivity index (χ4n) is 1.47. The number of hydrogen-bond acceptors (Lipinski definition) is 6. The van der Waals surface area contributed by atoms with E-state index < -0.39 is 5.82 Å². The molecule has 0 aliphatic rings. The molecule has 0 bridgehead atoms. The molecule has 2 rings (SSSR count). The summed E-state index contributed by atoms with van der Waals surface area (Å²) >= 11 is 1.57. The second-order valence-corrected chi connectivity index (χ2v) is 6.22. The summed E-state index contributed by atoms with van der Waals surface area (Å²) < 4.78 is 18.0. The minimum atomic E-state index is -0.581. The molecule has 0 atom stereocenters. The van der Waals surface area contributed by atoms with Crippen LogP contribution in [-0.2, 0) is 12.0 Å². The molecule has 108 valence electrons. The first-order valence-corrected chi connectivity index (χ1v) is 7.03. The third kappa shape index (κ3) is 3.41. The van der Waals surface area contributed by atoms with Gasteiger partial charge in [-0.1, -0.05) is 20.8 Å². The van der Waals surface area contributed by atoms with Gasteiger partial charge in [-0.3, -0.25) is 0 Å². The van der Waals surface area contributed by atoms with E-state index in [0.717, 1.165) is 16.9 Å². The Bertz CT molecular complexity index is 594. The molecular weight excluding hydrogens is 279 g/mol. The van der Waals surface area contributed by atoms with Gasteiger partial charge in [-0.15, -0.1) is 11.3 Å². The van der Waals surface area contributed by atoms with E-state index in [0.29, 0.717) is 12.5 Å². The molecule has 0 fully saturated rings. The van der Waals surface area contributed by atoms with Crippen LogP contribution in [0.2, 0.25) is 0 Å². The fraction of sp³-hybridized carbons (Fsp3) is 0.462. The van der Waals surface area contributed by atoms with Gasteiger partial charge < -0.3 is 10.1 Å². The molecule has 2 heterocycles. The number of thiazole rings is 1. The number of anilines is 1. The summed E-state index contributed by atoms with van der Waals surface area (Å²) in [6, 6.07) is 0. The molecule has 0 unspecified atom stereocenters. The Morgan fingerprint density at radius 1 is 1.35 bits per heavy atom. The van der Waals surface area contributed by atoms with Gasteiger partial charge in [0.1, 0.15) is 5.01 Å². The first-order chi connectivity index (χ1) is 9.40. The van der Waals surface area contributed by atoms with Gasteiger partial charge >= 0.3 is 0 Å². The summed E-state index contributed by atoms with van der Waals surface area (Å²) in [5, 5.41) is 5.98. The molecular formula is C13H17FN4OS. The van der Waals surface area contributed by atoms with Crippen molar-refractivity contribution in [2.45, 2.75) is 32.7 Å². The molecule has 2 aromatic heterocycles. The van der Waals surface area contributed by atoms with Gasteiger partial charge in [0.05, 0.1) is 25.5 Å². The minimum Gasteiger partial charge on any atom is -0.479 e. The van der Waals surface area contributed by atoms with Crippen LogP contribution in [0.5, 0.6) is 5.88 Å². The maximum atomic E-state index is 13.2. The summed E-state index contributed by atoms with van der Waals surface area (Å²) in [5.41, 5.74) is 1.08. The van der Waals surface area contributed by atoms with Crippen LogP contribution in [0.4, 0.5) is 10.3 Å². The lowest BCUT2D eigenvalue weighted by atomic mass is 9.93. The Morgan fingerprint density at radius 2 is 2.10 bits per heavy atom. The van der Waals surface area contributed by atoms with Gasteiger partial charge in [0.15, 0.2) is 0 Å². The van der Waals surface area contributed by atoms with Crippen LogP contribution < -0.4 is 10.1 Å². The molecule has 2 aromatic rings. The van der Waals surface area contributed by atoms with Crippen molar-refractivity contribution in [1.82, 2.24) is 15.0 Å². The lowest BCUT2D eigenvalue weighted by Crippen LogP contribution is -2.12. The van der Waals surface area contributed by atoms with E-state index >= 15 is 0 Å². The van der Waals surface area contributed by atoms with E-state index in [1.165, 1.54) is 7.11 Å². The van der Waals surface area contributed by atoms with Crippen molar-refractivity contribution >= 4 is 17.3 Å². The predicted molar refractivity (Wildman–Crippen MR) is 76.7 cm³/mol. The monoisotopic (exact) mass is 296 g/mol. The first-order valence-electron chi connectivity index (χ1n) is 6.15. The van der Waals surface area contributed by atoms with E-state index in [2.05, 4.69) is 41.0 Å². The van der Waals surface area contributed by atoms with Crippen LogP contribution in [0.1, 0.15) is 31.5 Å². The summed E-state index contributed by atoms with van der Waals surface area (Å²) in [6.07, 6.45) is 1.08. The topological polar surface area (TPSA) is 59.9 Å².